The van der Waals surface area contributed by atoms with Gasteiger partial charge in [-0.05, 0) is 75.5 Å². The summed E-state index contributed by atoms with van der Waals surface area (Å²) in [5.41, 5.74) is 9.37. The van der Waals surface area contributed by atoms with Crippen molar-refractivity contribution in [2.24, 2.45) is 0 Å². The zero-order valence-corrected chi connectivity index (χ0v) is 22.6. The van der Waals surface area contributed by atoms with Gasteiger partial charge in [-0.15, -0.1) is 11.3 Å². The number of fused-ring (bicyclic) bond motifs is 10. The molecule has 184 valence electrons. The third kappa shape index (κ3) is 2.74. The Balaban J connectivity index is 1.41. The van der Waals surface area contributed by atoms with Gasteiger partial charge in [0.15, 0.2) is 0 Å². The monoisotopic (exact) mass is 515 g/mol. The van der Waals surface area contributed by atoms with E-state index in [2.05, 4.69) is 134 Å². The quantitative estimate of drug-likeness (QED) is 0.205. The summed E-state index contributed by atoms with van der Waals surface area (Å²) >= 11 is 1.89. The Morgan fingerprint density at radius 2 is 1.28 bits per heavy atom. The van der Waals surface area contributed by atoms with E-state index in [1.807, 2.05) is 11.3 Å². The fraction of sp³-hybridized carbons (Fsp3) is 0.0811. The largest absolute Gasteiger partial charge is 0.308 e. The lowest BCUT2D eigenvalue weighted by atomic mass is 9.82. The average molecular weight is 516 g/mol. The summed E-state index contributed by atoms with van der Waals surface area (Å²) in [4.78, 5) is 0. The number of aromatic nitrogens is 1. The summed E-state index contributed by atoms with van der Waals surface area (Å²) in [7, 11) is 0. The lowest BCUT2D eigenvalue weighted by Gasteiger charge is -2.21. The highest BCUT2D eigenvalue weighted by molar-refractivity contribution is 7.26. The van der Waals surface area contributed by atoms with Gasteiger partial charge in [-0.3, -0.25) is 0 Å². The van der Waals surface area contributed by atoms with Crippen molar-refractivity contribution in [1.29, 1.82) is 0 Å². The number of para-hydroxylation sites is 1. The van der Waals surface area contributed by atoms with Crippen LogP contribution in [0.3, 0.4) is 0 Å². The first-order chi connectivity index (χ1) is 19.1. The van der Waals surface area contributed by atoms with Crippen LogP contribution in [0.1, 0.15) is 25.0 Å². The fourth-order valence-electron chi connectivity index (χ4n) is 7.08. The molecule has 0 bridgehead atoms. The maximum atomic E-state index is 2.49. The van der Waals surface area contributed by atoms with Crippen LogP contribution in [0.5, 0.6) is 0 Å². The van der Waals surface area contributed by atoms with Gasteiger partial charge in [-0.1, -0.05) is 86.6 Å². The minimum absolute atomic E-state index is 0.000104. The molecule has 2 heterocycles. The molecule has 0 unspecified atom stereocenters. The van der Waals surface area contributed by atoms with Gasteiger partial charge in [-0.25, -0.2) is 0 Å². The van der Waals surface area contributed by atoms with Crippen molar-refractivity contribution in [3.63, 3.8) is 0 Å². The standard InChI is InChI=1S/C37H25NS/c1-37(2)30-14-6-3-10-24(30)28-18-23-21-34-29(19-22(23)20-31(28)37)25-11-4-7-15-32(25)38(34)33-16-9-13-27-26-12-5-8-17-35(26)39-36(27)33/h3-21H,1-2H3. The summed E-state index contributed by atoms with van der Waals surface area (Å²) in [6.07, 6.45) is 0. The number of thiophene rings is 1. The maximum absolute atomic E-state index is 2.49. The van der Waals surface area contributed by atoms with E-state index in [0.717, 1.165) is 0 Å². The minimum Gasteiger partial charge on any atom is -0.308 e. The maximum Gasteiger partial charge on any atom is 0.0640 e. The second-order valence-corrected chi connectivity index (χ2v) is 12.4. The van der Waals surface area contributed by atoms with Crippen LogP contribution >= 0.6 is 11.3 Å². The van der Waals surface area contributed by atoms with E-state index in [-0.39, 0.29) is 5.41 Å². The SMILES string of the molecule is CC1(C)c2ccccc2-c2cc3cc4c(cc3cc21)c1ccccc1n4-c1cccc2c1sc1ccccc12. The normalized spacial score (nSPS) is 14.1. The Labute approximate surface area is 230 Å². The topological polar surface area (TPSA) is 4.93 Å². The van der Waals surface area contributed by atoms with Crippen LogP contribution < -0.4 is 0 Å². The van der Waals surface area contributed by atoms with Gasteiger partial charge in [0, 0.05) is 31.7 Å². The van der Waals surface area contributed by atoms with Crippen LogP contribution in [0, 0.1) is 0 Å². The molecule has 1 nitrogen and oxygen atoms in total. The van der Waals surface area contributed by atoms with Gasteiger partial charge in [-0.2, -0.15) is 0 Å². The Hall–Kier alpha value is -4.40. The van der Waals surface area contributed by atoms with Crippen molar-refractivity contribution in [1.82, 2.24) is 4.57 Å². The van der Waals surface area contributed by atoms with Crippen molar-refractivity contribution in [3.05, 3.63) is 126 Å². The molecule has 0 saturated carbocycles. The first-order valence-corrected chi connectivity index (χ1v) is 14.4. The van der Waals surface area contributed by atoms with E-state index < -0.39 is 0 Å². The van der Waals surface area contributed by atoms with Crippen LogP contribution in [0.15, 0.2) is 115 Å². The number of benzene rings is 6. The lowest BCUT2D eigenvalue weighted by molar-refractivity contribution is 0.661. The average Bonchev–Trinajstić information content (AvgIpc) is 3.57. The lowest BCUT2D eigenvalue weighted by Crippen LogP contribution is -2.14. The number of hydrogen-bond donors (Lipinski definition) is 0. The highest BCUT2D eigenvalue weighted by atomic mass is 32.1. The molecule has 8 aromatic rings. The third-order valence-electron chi connectivity index (χ3n) is 8.96. The molecule has 2 heteroatoms. The van der Waals surface area contributed by atoms with Crippen molar-refractivity contribution in [2.45, 2.75) is 19.3 Å². The molecule has 39 heavy (non-hydrogen) atoms. The molecule has 0 N–H and O–H groups in total. The summed E-state index contributed by atoms with van der Waals surface area (Å²) in [5.74, 6) is 0. The van der Waals surface area contributed by atoms with E-state index in [1.54, 1.807) is 0 Å². The molecule has 9 rings (SSSR count). The van der Waals surface area contributed by atoms with Crippen LogP contribution in [-0.4, -0.2) is 4.57 Å². The highest BCUT2D eigenvalue weighted by Crippen LogP contribution is 2.50. The molecule has 0 amide bonds. The Kier molecular flexibility index (Phi) is 4.07. The number of rotatable bonds is 1. The van der Waals surface area contributed by atoms with Crippen molar-refractivity contribution in [3.8, 4) is 16.8 Å². The van der Waals surface area contributed by atoms with Crippen molar-refractivity contribution < 1.29 is 0 Å². The van der Waals surface area contributed by atoms with Gasteiger partial charge in [0.1, 0.15) is 0 Å². The third-order valence-corrected chi connectivity index (χ3v) is 10.2. The zero-order valence-electron chi connectivity index (χ0n) is 21.8. The molecule has 0 spiro atoms. The summed E-state index contributed by atoms with van der Waals surface area (Å²) in [5, 5.41) is 7.88. The first-order valence-electron chi connectivity index (χ1n) is 13.6. The van der Waals surface area contributed by atoms with Crippen LogP contribution in [0.25, 0.3) is 69.6 Å². The molecule has 0 saturated heterocycles. The number of nitrogens with zero attached hydrogens (tertiary/aromatic N) is 1. The molecule has 0 aliphatic heterocycles. The Morgan fingerprint density at radius 3 is 2.21 bits per heavy atom. The molecule has 0 atom stereocenters. The van der Waals surface area contributed by atoms with Crippen molar-refractivity contribution in [2.75, 3.05) is 0 Å². The first kappa shape index (κ1) is 21.5. The van der Waals surface area contributed by atoms with Gasteiger partial charge in [0.25, 0.3) is 0 Å². The highest BCUT2D eigenvalue weighted by Gasteiger charge is 2.35. The predicted octanol–water partition coefficient (Wildman–Crippen LogP) is 10.6. The molecular weight excluding hydrogens is 490 g/mol. The van der Waals surface area contributed by atoms with Gasteiger partial charge in [0.2, 0.25) is 0 Å². The molecule has 0 radical (unpaired) electrons. The summed E-state index contributed by atoms with van der Waals surface area (Å²) < 4.78 is 5.17. The van der Waals surface area contributed by atoms with Gasteiger partial charge < -0.3 is 4.57 Å². The smallest absolute Gasteiger partial charge is 0.0640 e. The molecule has 6 aromatic carbocycles. The molecular formula is C37H25NS. The van der Waals surface area contributed by atoms with Gasteiger partial charge >= 0.3 is 0 Å². The van der Waals surface area contributed by atoms with E-state index in [0.29, 0.717) is 0 Å². The fourth-order valence-corrected chi connectivity index (χ4v) is 8.29. The predicted molar refractivity (Wildman–Crippen MR) is 169 cm³/mol. The van der Waals surface area contributed by atoms with Crippen LogP contribution in [0.2, 0.25) is 0 Å². The molecule has 1 aliphatic rings. The minimum atomic E-state index is -0.000104. The van der Waals surface area contributed by atoms with Gasteiger partial charge in [0.05, 0.1) is 21.4 Å². The molecule has 0 fully saturated rings. The zero-order chi connectivity index (χ0) is 25.9. The summed E-state index contributed by atoms with van der Waals surface area (Å²) in [6, 6.07) is 43.1. The van der Waals surface area contributed by atoms with E-state index in [9.17, 15) is 0 Å². The summed E-state index contributed by atoms with van der Waals surface area (Å²) in [6.45, 7) is 4.72. The van der Waals surface area contributed by atoms with E-state index in [1.165, 1.54) is 80.7 Å². The Morgan fingerprint density at radius 1 is 0.538 bits per heavy atom. The van der Waals surface area contributed by atoms with Crippen LogP contribution in [0.4, 0.5) is 0 Å². The second kappa shape index (κ2) is 7.37. The van der Waals surface area contributed by atoms with E-state index in [4.69, 9.17) is 0 Å². The van der Waals surface area contributed by atoms with Crippen molar-refractivity contribution >= 4 is 64.1 Å². The molecule has 2 aromatic heterocycles. The second-order valence-electron chi connectivity index (χ2n) is 11.4. The number of hydrogen-bond acceptors (Lipinski definition) is 1. The van der Waals surface area contributed by atoms with Crippen LogP contribution in [-0.2, 0) is 5.41 Å². The Bertz CT molecular complexity index is 2310. The molecule has 1 aliphatic carbocycles. The van der Waals surface area contributed by atoms with E-state index >= 15 is 0 Å².